The predicted molar refractivity (Wildman–Crippen MR) is 148 cm³/mol. The third kappa shape index (κ3) is 3.54. The number of hydrogen-bond acceptors (Lipinski definition) is 3. The summed E-state index contributed by atoms with van der Waals surface area (Å²) in [4.78, 5) is 14.4. The van der Waals surface area contributed by atoms with Gasteiger partial charge in [-0.15, -0.1) is 0 Å². The molecular weight excluding hydrogens is 438 g/mol. The highest BCUT2D eigenvalue weighted by Crippen LogP contribution is 2.49. The quantitative estimate of drug-likeness (QED) is 0.269. The molecule has 0 bridgehead atoms. The molecule has 0 radical (unpaired) electrons. The van der Waals surface area contributed by atoms with E-state index in [0.717, 1.165) is 17.0 Å². The number of benzene rings is 4. The van der Waals surface area contributed by atoms with Gasteiger partial charge in [0.25, 0.3) is 0 Å². The highest BCUT2D eigenvalue weighted by molar-refractivity contribution is 5.83. The first-order chi connectivity index (χ1) is 17.3. The van der Waals surface area contributed by atoms with Crippen LogP contribution in [0.3, 0.4) is 0 Å². The minimum atomic E-state index is -0.0602. The van der Waals surface area contributed by atoms with Gasteiger partial charge in [-0.25, -0.2) is 15.0 Å². The standard InChI is InChI=1S/C33H29N3/c1-20-10-6-7-11-25(20)26-16-14-23(18-21(26)2)31-34-22(3)35-32(36-31)24-15-17-28-27-12-8-9-13-29(27)33(4,5)30(28)19-24/h6-19H,1-5H3. The molecule has 176 valence electrons. The summed E-state index contributed by atoms with van der Waals surface area (Å²) in [5.74, 6) is 2.14. The summed E-state index contributed by atoms with van der Waals surface area (Å²) in [6.07, 6.45) is 0. The largest absolute Gasteiger partial charge is 0.213 e. The first kappa shape index (κ1) is 22.4. The molecule has 0 unspecified atom stereocenters. The lowest BCUT2D eigenvalue weighted by Gasteiger charge is -2.21. The molecule has 0 fully saturated rings. The fourth-order valence-electron chi connectivity index (χ4n) is 5.56. The Bertz CT molecular complexity index is 1650. The van der Waals surface area contributed by atoms with Crippen LogP contribution in [-0.4, -0.2) is 15.0 Å². The molecule has 4 aromatic carbocycles. The first-order valence-corrected chi connectivity index (χ1v) is 12.5. The molecule has 0 atom stereocenters. The van der Waals surface area contributed by atoms with Crippen LogP contribution in [0.2, 0.25) is 0 Å². The highest BCUT2D eigenvalue weighted by Gasteiger charge is 2.35. The maximum atomic E-state index is 4.94. The molecule has 6 rings (SSSR count). The molecule has 3 nitrogen and oxygen atoms in total. The lowest BCUT2D eigenvalue weighted by Crippen LogP contribution is -2.15. The number of hydrogen-bond donors (Lipinski definition) is 0. The van der Waals surface area contributed by atoms with E-state index >= 15 is 0 Å². The molecule has 0 saturated heterocycles. The molecule has 1 aliphatic carbocycles. The SMILES string of the molecule is Cc1nc(-c2ccc(-c3ccccc3C)c(C)c2)nc(-c2ccc3c(c2)C(C)(C)c2ccccc2-3)n1. The van der Waals surface area contributed by atoms with Gasteiger partial charge in [0, 0.05) is 16.5 Å². The van der Waals surface area contributed by atoms with E-state index in [2.05, 4.69) is 113 Å². The second-order valence-corrected chi connectivity index (χ2v) is 10.3. The highest BCUT2D eigenvalue weighted by atomic mass is 15.0. The van der Waals surface area contributed by atoms with Crippen molar-refractivity contribution in [3.63, 3.8) is 0 Å². The van der Waals surface area contributed by atoms with Crippen LogP contribution in [0, 0.1) is 20.8 Å². The van der Waals surface area contributed by atoms with E-state index in [9.17, 15) is 0 Å². The second-order valence-electron chi connectivity index (χ2n) is 10.3. The minimum absolute atomic E-state index is 0.0602. The molecule has 0 saturated carbocycles. The molecular formula is C33H29N3. The summed E-state index contributed by atoms with van der Waals surface area (Å²) in [7, 11) is 0. The zero-order valence-corrected chi connectivity index (χ0v) is 21.4. The van der Waals surface area contributed by atoms with Crippen LogP contribution in [0.1, 0.15) is 41.9 Å². The Kier molecular flexibility index (Phi) is 5.11. The van der Waals surface area contributed by atoms with Crippen molar-refractivity contribution in [1.82, 2.24) is 15.0 Å². The van der Waals surface area contributed by atoms with E-state index in [0.29, 0.717) is 11.6 Å². The molecule has 5 aromatic rings. The zero-order valence-electron chi connectivity index (χ0n) is 21.4. The minimum Gasteiger partial charge on any atom is -0.213 e. The van der Waals surface area contributed by atoms with E-state index in [-0.39, 0.29) is 5.41 Å². The van der Waals surface area contributed by atoms with Gasteiger partial charge in [0.05, 0.1) is 0 Å². The zero-order chi connectivity index (χ0) is 25.0. The van der Waals surface area contributed by atoms with Crippen LogP contribution in [-0.2, 0) is 5.41 Å². The third-order valence-corrected chi connectivity index (χ3v) is 7.51. The number of aryl methyl sites for hydroxylation is 3. The normalized spacial score (nSPS) is 13.4. The van der Waals surface area contributed by atoms with Gasteiger partial charge in [-0.3, -0.25) is 0 Å². The van der Waals surface area contributed by atoms with Crippen LogP contribution < -0.4 is 0 Å². The Morgan fingerprint density at radius 1 is 0.500 bits per heavy atom. The molecule has 0 amide bonds. The maximum absolute atomic E-state index is 4.94. The van der Waals surface area contributed by atoms with Gasteiger partial charge in [-0.1, -0.05) is 86.6 Å². The van der Waals surface area contributed by atoms with Crippen LogP contribution in [0.5, 0.6) is 0 Å². The van der Waals surface area contributed by atoms with Crippen LogP contribution in [0.4, 0.5) is 0 Å². The number of fused-ring (bicyclic) bond motifs is 3. The van der Waals surface area contributed by atoms with Gasteiger partial charge in [0.2, 0.25) is 0 Å². The lowest BCUT2D eigenvalue weighted by atomic mass is 9.82. The predicted octanol–water partition coefficient (Wildman–Crippen LogP) is 8.10. The van der Waals surface area contributed by atoms with Gasteiger partial charge in [-0.05, 0) is 77.4 Å². The monoisotopic (exact) mass is 467 g/mol. The molecule has 1 aliphatic rings. The van der Waals surface area contributed by atoms with Gasteiger partial charge < -0.3 is 0 Å². The summed E-state index contributed by atoms with van der Waals surface area (Å²) < 4.78 is 0. The van der Waals surface area contributed by atoms with Crippen molar-refractivity contribution in [3.05, 3.63) is 113 Å². The van der Waals surface area contributed by atoms with E-state index in [1.807, 2.05) is 6.92 Å². The van der Waals surface area contributed by atoms with Crippen LogP contribution in [0.15, 0.2) is 84.9 Å². The fourth-order valence-corrected chi connectivity index (χ4v) is 5.56. The lowest BCUT2D eigenvalue weighted by molar-refractivity contribution is 0.660. The Morgan fingerprint density at radius 2 is 1.06 bits per heavy atom. The average molecular weight is 468 g/mol. The molecule has 36 heavy (non-hydrogen) atoms. The van der Waals surface area contributed by atoms with Gasteiger partial charge in [0.1, 0.15) is 5.82 Å². The van der Waals surface area contributed by atoms with Crippen molar-refractivity contribution >= 4 is 0 Å². The second kappa shape index (κ2) is 8.23. The maximum Gasteiger partial charge on any atom is 0.163 e. The summed E-state index contributed by atoms with van der Waals surface area (Å²) in [5, 5.41) is 0. The van der Waals surface area contributed by atoms with Gasteiger partial charge in [0.15, 0.2) is 11.6 Å². The van der Waals surface area contributed by atoms with Crippen molar-refractivity contribution < 1.29 is 0 Å². The molecule has 0 N–H and O–H groups in total. The number of nitrogens with zero attached hydrogens (tertiary/aromatic N) is 3. The van der Waals surface area contributed by atoms with Crippen LogP contribution >= 0.6 is 0 Å². The molecule has 1 heterocycles. The van der Waals surface area contributed by atoms with E-state index in [4.69, 9.17) is 15.0 Å². The molecule has 1 aromatic heterocycles. The first-order valence-electron chi connectivity index (χ1n) is 12.5. The van der Waals surface area contributed by atoms with Gasteiger partial charge >= 0.3 is 0 Å². The number of aromatic nitrogens is 3. The molecule has 3 heteroatoms. The van der Waals surface area contributed by atoms with Crippen LogP contribution in [0.25, 0.3) is 45.0 Å². The molecule has 0 spiro atoms. The summed E-state index contributed by atoms with van der Waals surface area (Å²) in [6.45, 7) is 10.8. The van der Waals surface area contributed by atoms with Gasteiger partial charge in [-0.2, -0.15) is 0 Å². The smallest absolute Gasteiger partial charge is 0.163 e. The Hall–Kier alpha value is -4.11. The van der Waals surface area contributed by atoms with E-state index in [1.54, 1.807) is 0 Å². The third-order valence-electron chi connectivity index (χ3n) is 7.51. The Morgan fingerprint density at radius 3 is 1.75 bits per heavy atom. The summed E-state index contributed by atoms with van der Waals surface area (Å²) >= 11 is 0. The van der Waals surface area contributed by atoms with E-state index < -0.39 is 0 Å². The average Bonchev–Trinajstić information content (AvgIpc) is 3.11. The number of rotatable bonds is 3. The van der Waals surface area contributed by atoms with Crippen molar-refractivity contribution in [2.75, 3.05) is 0 Å². The topological polar surface area (TPSA) is 38.7 Å². The van der Waals surface area contributed by atoms with E-state index in [1.165, 1.54) is 44.5 Å². The van der Waals surface area contributed by atoms with Crippen molar-refractivity contribution in [2.24, 2.45) is 0 Å². The fraction of sp³-hybridized carbons (Fsp3) is 0.182. The Labute approximate surface area is 213 Å². The van der Waals surface area contributed by atoms with Crippen molar-refractivity contribution in [1.29, 1.82) is 0 Å². The summed E-state index contributed by atoms with van der Waals surface area (Å²) in [6, 6.07) is 30.3. The summed E-state index contributed by atoms with van der Waals surface area (Å²) in [5.41, 5.74) is 12.3. The molecule has 0 aliphatic heterocycles. The van der Waals surface area contributed by atoms with Crippen molar-refractivity contribution in [2.45, 2.75) is 40.0 Å². The van der Waals surface area contributed by atoms with Crippen molar-refractivity contribution in [3.8, 4) is 45.0 Å². The Balaban J connectivity index is 1.41.